The van der Waals surface area contributed by atoms with Crippen LogP contribution in [0.5, 0.6) is 0 Å². The van der Waals surface area contributed by atoms with Crippen molar-refractivity contribution in [2.75, 3.05) is 25.4 Å². The quantitative estimate of drug-likeness (QED) is 0.716. The molecular formula is C10H16N2O4S. The van der Waals surface area contributed by atoms with E-state index in [4.69, 9.17) is 4.74 Å². The molecule has 0 spiro atoms. The van der Waals surface area contributed by atoms with E-state index in [1.807, 2.05) is 0 Å². The summed E-state index contributed by atoms with van der Waals surface area (Å²) in [5.41, 5.74) is 0. The first-order valence-electron chi connectivity index (χ1n) is 5.42. The van der Waals surface area contributed by atoms with Crippen LogP contribution in [0.3, 0.4) is 0 Å². The maximum Gasteiger partial charge on any atom is 0.328 e. The zero-order chi connectivity index (χ0) is 12.8. The highest BCUT2D eigenvalue weighted by Gasteiger charge is 2.24. The number of nitrogens with one attached hydrogen (secondary N) is 1. The molecule has 0 aromatic rings. The summed E-state index contributed by atoms with van der Waals surface area (Å²) in [7, 11) is 0. The van der Waals surface area contributed by atoms with Crippen LogP contribution in [0.2, 0.25) is 0 Å². The van der Waals surface area contributed by atoms with Gasteiger partial charge in [0, 0.05) is 12.3 Å². The molecule has 7 heteroatoms. The lowest BCUT2D eigenvalue weighted by Gasteiger charge is -2.16. The molecule has 0 saturated carbocycles. The van der Waals surface area contributed by atoms with Gasteiger partial charge in [-0.3, -0.25) is 9.59 Å². The minimum atomic E-state index is -0.687. The van der Waals surface area contributed by atoms with E-state index in [1.54, 1.807) is 13.8 Å². The third-order valence-corrected chi connectivity index (χ3v) is 3.09. The summed E-state index contributed by atoms with van der Waals surface area (Å²) >= 11 is 1.20. The molecule has 0 aliphatic carbocycles. The Hall–Kier alpha value is -1.24. The van der Waals surface area contributed by atoms with Gasteiger partial charge in [0.15, 0.2) is 0 Å². The summed E-state index contributed by atoms with van der Waals surface area (Å²) in [4.78, 5) is 35.5. The number of amides is 2. The SMILES string of the molecule is CCOC(=O)[C@@H](C)NC(=O)CN1CCSC1=O. The van der Waals surface area contributed by atoms with Crippen LogP contribution in [0.4, 0.5) is 4.79 Å². The number of nitrogens with zero attached hydrogens (tertiary/aromatic N) is 1. The molecule has 0 aromatic carbocycles. The molecular weight excluding hydrogens is 244 g/mol. The molecule has 0 unspecified atom stereocenters. The lowest BCUT2D eigenvalue weighted by molar-refractivity contribution is -0.146. The standard InChI is InChI=1S/C10H16N2O4S/c1-3-16-9(14)7(2)11-8(13)6-12-4-5-17-10(12)15/h7H,3-6H2,1-2H3,(H,11,13)/t7-/m1/s1. The Balaban J connectivity index is 2.33. The van der Waals surface area contributed by atoms with Crippen molar-refractivity contribution in [2.45, 2.75) is 19.9 Å². The van der Waals surface area contributed by atoms with E-state index >= 15 is 0 Å². The maximum atomic E-state index is 11.5. The van der Waals surface area contributed by atoms with Crippen molar-refractivity contribution >= 4 is 28.9 Å². The van der Waals surface area contributed by atoms with Crippen LogP contribution >= 0.6 is 11.8 Å². The second kappa shape index (κ2) is 6.48. The topological polar surface area (TPSA) is 75.7 Å². The number of ether oxygens (including phenoxy) is 1. The van der Waals surface area contributed by atoms with Crippen LogP contribution in [-0.2, 0) is 14.3 Å². The van der Waals surface area contributed by atoms with E-state index in [0.717, 1.165) is 0 Å². The predicted molar refractivity (Wildman–Crippen MR) is 63.7 cm³/mol. The van der Waals surface area contributed by atoms with Crippen molar-refractivity contribution < 1.29 is 19.1 Å². The molecule has 2 amide bonds. The molecule has 6 nitrogen and oxygen atoms in total. The monoisotopic (exact) mass is 260 g/mol. The van der Waals surface area contributed by atoms with E-state index in [2.05, 4.69) is 5.32 Å². The Labute approximate surface area is 104 Å². The number of rotatable bonds is 5. The number of carbonyl (C=O) groups is 3. The minimum absolute atomic E-state index is 0.00439. The number of hydrogen-bond acceptors (Lipinski definition) is 5. The maximum absolute atomic E-state index is 11.5. The molecule has 1 aliphatic rings. The van der Waals surface area contributed by atoms with Gasteiger partial charge < -0.3 is 15.0 Å². The van der Waals surface area contributed by atoms with E-state index in [1.165, 1.54) is 16.7 Å². The van der Waals surface area contributed by atoms with Crippen molar-refractivity contribution in [1.82, 2.24) is 10.2 Å². The summed E-state index contributed by atoms with van der Waals surface area (Å²) in [5, 5.41) is 2.40. The van der Waals surface area contributed by atoms with Gasteiger partial charge in [-0.15, -0.1) is 0 Å². The Morgan fingerprint density at radius 2 is 2.29 bits per heavy atom. The summed E-state index contributed by atoms with van der Waals surface area (Å²) in [6.45, 7) is 4.10. The molecule has 1 atom stereocenters. The molecule has 0 bridgehead atoms. The second-order valence-corrected chi connectivity index (χ2v) is 4.62. The first-order chi connectivity index (χ1) is 8.04. The van der Waals surface area contributed by atoms with Gasteiger partial charge in [-0.25, -0.2) is 4.79 Å². The van der Waals surface area contributed by atoms with Crippen LogP contribution in [0, 0.1) is 0 Å². The average molecular weight is 260 g/mol. The molecule has 1 rings (SSSR count). The zero-order valence-corrected chi connectivity index (χ0v) is 10.7. The predicted octanol–water partition coefficient (Wildman–Crippen LogP) is 0.223. The second-order valence-electron chi connectivity index (χ2n) is 3.58. The van der Waals surface area contributed by atoms with Gasteiger partial charge in [0.05, 0.1) is 6.61 Å². The summed E-state index contributed by atoms with van der Waals surface area (Å²) in [5.74, 6) is -0.108. The van der Waals surface area contributed by atoms with Crippen LogP contribution in [0.1, 0.15) is 13.8 Å². The van der Waals surface area contributed by atoms with Crippen molar-refractivity contribution in [1.29, 1.82) is 0 Å². The number of carbonyl (C=O) groups excluding carboxylic acids is 3. The fourth-order valence-corrected chi connectivity index (χ4v) is 2.18. The van der Waals surface area contributed by atoms with Gasteiger partial charge >= 0.3 is 5.97 Å². The summed E-state index contributed by atoms with van der Waals surface area (Å²) in [6.07, 6.45) is 0. The molecule has 0 aromatic heterocycles. The Kier molecular flexibility index (Phi) is 5.27. The lowest BCUT2D eigenvalue weighted by Crippen LogP contribution is -2.44. The summed E-state index contributed by atoms with van der Waals surface area (Å²) < 4.78 is 4.76. The number of esters is 1. The molecule has 1 aliphatic heterocycles. The highest BCUT2D eigenvalue weighted by molar-refractivity contribution is 8.13. The highest BCUT2D eigenvalue weighted by atomic mass is 32.2. The van der Waals surface area contributed by atoms with Crippen LogP contribution in [0.25, 0.3) is 0 Å². The van der Waals surface area contributed by atoms with Gasteiger partial charge in [-0.1, -0.05) is 11.8 Å². The molecule has 1 fully saturated rings. The van der Waals surface area contributed by atoms with Crippen LogP contribution < -0.4 is 5.32 Å². The Morgan fingerprint density at radius 1 is 1.59 bits per heavy atom. The molecule has 17 heavy (non-hydrogen) atoms. The minimum Gasteiger partial charge on any atom is -0.464 e. The molecule has 1 N–H and O–H groups in total. The van der Waals surface area contributed by atoms with Crippen molar-refractivity contribution in [2.24, 2.45) is 0 Å². The fourth-order valence-electron chi connectivity index (χ4n) is 1.36. The third-order valence-electron chi connectivity index (χ3n) is 2.20. The molecule has 96 valence electrons. The zero-order valence-electron chi connectivity index (χ0n) is 9.89. The van der Waals surface area contributed by atoms with Crippen LogP contribution in [0.15, 0.2) is 0 Å². The van der Waals surface area contributed by atoms with Crippen LogP contribution in [-0.4, -0.2) is 53.5 Å². The van der Waals surface area contributed by atoms with Gasteiger partial charge in [-0.2, -0.15) is 0 Å². The fraction of sp³-hybridized carbons (Fsp3) is 0.700. The Morgan fingerprint density at radius 3 is 2.82 bits per heavy atom. The van der Waals surface area contributed by atoms with Crippen molar-refractivity contribution in [3.05, 3.63) is 0 Å². The van der Waals surface area contributed by atoms with Gasteiger partial charge in [0.2, 0.25) is 5.91 Å². The summed E-state index contributed by atoms with van der Waals surface area (Å²) in [6, 6.07) is -0.687. The smallest absolute Gasteiger partial charge is 0.328 e. The van der Waals surface area contributed by atoms with E-state index < -0.39 is 12.0 Å². The first kappa shape index (κ1) is 13.8. The first-order valence-corrected chi connectivity index (χ1v) is 6.40. The molecule has 1 heterocycles. The largest absolute Gasteiger partial charge is 0.464 e. The lowest BCUT2D eigenvalue weighted by atomic mass is 10.3. The van der Waals surface area contributed by atoms with Gasteiger partial charge in [0.25, 0.3) is 5.24 Å². The highest BCUT2D eigenvalue weighted by Crippen LogP contribution is 2.16. The van der Waals surface area contributed by atoms with E-state index in [0.29, 0.717) is 12.3 Å². The van der Waals surface area contributed by atoms with Crippen molar-refractivity contribution in [3.63, 3.8) is 0 Å². The number of thioether (sulfide) groups is 1. The third kappa shape index (κ3) is 4.26. The van der Waals surface area contributed by atoms with E-state index in [-0.39, 0.29) is 24.3 Å². The Bertz CT molecular complexity index is 321. The van der Waals surface area contributed by atoms with Gasteiger partial charge in [0.1, 0.15) is 12.6 Å². The molecule has 0 radical (unpaired) electrons. The normalized spacial score (nSPS) is 16.8. The number of hydrogen-bond donors (Lipinski definition) is 1. The molecule has 1 saturated heterocycles. The van der Waals surface area contributed by atoms with Gasteiger partial charge in [-0.05, 0) is 13.8 Å². The van der Waals surface area contributed by atoms with Crippen molar-refractivity contribution in [3.8, 4) is 0 Å². The van der Waals surface area contributed by atoms with E-state index in [9.17, 15) is 14.4 Å². The average Bonchev–Trinajstić information content (AvgIpc) is 2.64.